The van der Waals surface area contributed by atoms with Crippen molar-refractivity contribution in [2.24, 2.45) is 0 Å². The van der Waals surface area contributed by atoms with Crippen LogP contribution in [0.4, 0.5) is 5.69 Å². The van der Waals surface area contributed by atoms with E-state index >= 15 is 0 Å². The molecule has 0 aliphatic heterocycles. The predicted octanol–water partition coefficient (Wildman–Crippen LogP) is 4.17. The van der Waals surface area contributed by atoms with Gasteiger partial charge in [-0.05, 0) is 50.1 Å². The zero-order chi connectivity index (χ0) is 19.3. The maximum Gasteiger partial charge on any atom is 0.266 e. The van der Waals surface area contributed by atoms with Gasteiger partial charge in [0, 0.05) is 17.3 Å². The van der Waals surface area contributed by atoms with Crippen LogP contribution in [0, 0.1) is 32.1 Å². The van der Waals surface area contributed by atoms with Crippen molar-refractivity contribution < 1.29 is 14.3 Å². The van der Waals surface area contributed by atoms with Gasteiger partial charge in [0.2, 0.25) is 0 Å². The molecule has 0 saturated heterocycles. The van der Waals surface area contributed by atoms with Crippen LogP contribution in [0.1, 0.15) is 22.3 Å². The number of anilines is 1. The van der Waals surface area contributed by atoms with Crippen molar-refractivity contribution in [3.8, 4) is 17.6 Å². The summed E-state index contributed by atoms with van der Waals surface area (Å²) in [7, 11) is 3.09. The zero-order valence-electron chi connectivity index (χ0n) is 15.6. The Morgan fingerprint density at radius 3 is 2.27 bits per heavy atom. The van der Waals surface area contributed by atoms with Gasteiger partial charge in [0.05, 0.1) is 14.2 Å². The molecule has 2 aromatic carbocycles. The lowest BCUT2D eigenvalue weighted by atomic mass is 10.0. The fraction of sp³-hybridized carbons (Fsp3) is 0.238. The van der Waals surface area contributed by atoms with Crippen molar-refractivity contribution in [1.29, 1.82) is 5.26 Å². The highest BCUT2D eigenvalue weighted by Crippen LogP contribution is 2.27. The van der Waals surface area contributed by atoms with Crippen LogP contribution in [0.3, 0.4) is 0 Å². The summed E-state index contributed by atoms with van der Waals surface area (Å²) in [4.78, 5) is 12.6. The van der Waals surface area contributed by atoms with Crippen LogP contribution in [0.15, 0.2) is 35.9 Å². The first-order valence-corrected chi connectivity index (χ1v) is 8.12. The molecule has 0 aliphatic carbocycles. The van der Waals surface area contributed by atoms with Crippen molar-refractivity contribution in [2.45, 2.75) is 20.8 Å². The van der Waals surface area contributed by atoms with Gasteiger partial charge >= 0.3 is 0 Å². The average molecular weight is 350 g/mol. The third-order valence-electron chi connectivity index (χ3n) is 4.02. The van der Waals surface area contributed by atoms with Crippen LogP contribution < -0.4 is 14.8 Å². The number of carbonyl (C=O) groups is 1. The lowest BCUT2D eigenvalue weighted by molar-refractivity contribution is -0.112. The van der Waals surface area contributed by atoms with Gasteiger partial charge in [0.25, 0.3) is 5.91 Å². The molecule has 2 aromatic rings. The number of nitrogens with one attached hydrogen (secondary N) is 1. The summed E-state index contributed by atoms with van der Waals surface area (Å²) in [6.07, 6.45) is 1.51. The molecule has 0 saturated carbocycles. The third kappa shape index (κ3) is 4.22. The van der Waals surface area contributed by atoms with Gasteiger partial charge in [-0.3, -0.25) is 4.79 Å². The SMILES string of the molecule is COc1ccc(/C=C(\C#N)C(=O)Nc2c(C)cc(C)cc2C)c(OC)c1. The van der Waals surface area contributed by atoms with Crippen molar-refractivity contribution in [2.75, 3.05) is 19.5 Å². The number of amides is 1. The van der Waals surface area contributed by atoms with Gasteiger partial charge in [0.1, 0.15) is 23.1 Å². The molecule has 0 radical (unpaired) electrons. The number of nitrogens with zero attached hydrogens (tertiary/aromatic N) is 1. The molecule has 0 atom stereocenters. The van der Waals surface area contributed by atoms with E-state index in [9.17, 15) is 10.1 Å². The standard InChI is InChI=1S/C21H22N2O3/c1-13-8-14(2)20(15(3)9-13)23-21(24)17(12-22)10-16-6-7-18(25-4)11-19(16)26-5/h6-11H,1-5H3,(H,23,24)/b17-10+. The summed E-state index contributed by atoms with van der Waals surface area (Å²) in [6.45, 7) is 5.86. The summed E-state index contributed by atoms with van der Waals surface area (Å²) in [5.74, 6) is 0.695. The normalized spacial score (nSPS) is 10.8. The van der Waals surface area contributed by atoms with E-state index in [2.05, 4.69) is 5.32 Å². The van der Waals surface area contributed by atoms with E-state index in [0.29, 0.717) is 17.1 Å². The monoisotopic (exact) mass is 350 g/mol. The number of nitriles is 1. The van der Waals surface area contributed by atoms with Crippen LogP contribution in [0.2, 0.25) is 0 Å². The Bertz CT molecular complexity index is 885. The minimum atomic E-state index is -0.458. The van der Waals surface area contributed by atoms with Crippen LogP contribution in [0.5, 0.6) is 11.5 Å². The molecule has 0 unspecified atom stereocenters. The molecule has 0 fully saturated rings. The van der Waals surface area contributed by atoms with Gasteiger partial charge in [0.15, 0.2) is 0 Å². The number of carbonyl (C=O) groups excluding carboxylic acids is 1. The van der Waals surface area contributed by atoms with Gasteiger partial charge in [-0.25, -0.2) is 0 Å². The van der Waals surface area contributed by atoms with E-state index in [1.807, 2.05) is 39.0 Å². The third-order valence-corrected chi connectivity index (χ3v) is 4.02. The first kappa shape index (κ1) is 19.1. The molecule has 1 amide bonds. The molecule has 0 spiro atoms. The largest absolute Gasteiger partial charge is 0.497 e. The number of aryl methyl sites for hydroxylation is 3. The van der Waals surface area contributed by atoms with Crippen molar-refractivity contribution >= 4 is 17.7 Å². The van der Waals surface area contributed by atoms with Crippen molar-refractivity contribution in [1.82, 2.24) is 0 Å². The number of methoxy groups -OCH3 is 2. The summed E-state index contributed by atoms with van der Waals surface area (Å²) in [5.41, 5.74) is 4.37. The summed E-state index contributed by atoms with van der Waals surface area (Å²) in [6, 6.07) is 11.1. The summed E-state index contributed by atoms with van der Waals surface area (Å²) in [5, 5.41) is 12.3. The van der Waals surface area contributed by atoms with E-state index in [0.717, 1.165) is 22.4 Å². The van der Waals surface area contributed by atoms with E-state index in [4.69, 9.17) is 9.47 Å². The molecule has 134 valence electrons. The van der Waals surface area contributed by atoms with E-state index in [1.165, 1.54) is 13.2 Å². The number of ether oxygens (including phenoxy) is 2. The average Bonchev–Trinajstić information content (AvgIpc) is 2.62. The fourth-order valence-electron chi connectivity index (χ4n) is 2.80. The number of hydrogen-bond donors (Lipinski definition) is 1. The summed E-state index contributed by atoms with van der Waals surface area (Å²) >= 11 is 0. The van der Waals surface area contributed by atoms with Crippen LogP contribution >= 0.6 is 0 Å². The first-order valence-electron chi connectivity index (χ1n) is 8.12. The molecule has 5 nitrogen and oxygen atoms in total. The molecule has 5 heteroatoms. The molecular formula is C21H22N2O3. The number of rotatable bonds is 5. The second-order valence-corrected chi connectivity index (χ2v) is 6.01. The topological polar surface area (TPSA) is 71.3 Å². The minimum absolute atomic E-state index is 0.00663. The Hall–Kier alpha value is -3.26. The van der Waals surface area contributed by atoms with Crippen LogP contribution in [0.25, 0.3) is 6.08 Å². The van der Waals surface area contributed by atoms with E-state index in [-0.39, 0.29) is 5.57 Å². The molecule has 0 aromatic heterocycles. The first-order chi connectivity index (χ1) is 12.4. The molecule has 2 rings (SSSR count). The summed E-state index contributed by atoms with van der Waals surface area (Å²) < 4.78 is 10.5. The second kappa shape index (κ2) is 8.21. The molecule has 0 heterocycles. The van der Waals surface area contributed by atoms with E-state index in [1.54, 1.807) is 25.3 Å². The highest BCUT2D eigenvalue weighted by molar-refractivity contribution is 6.10. The van der Waals surface area contributed by atoms with Crippen LogP contribution in [-0.4, -0.2) is 20.1 Å². The van der Waals surface area contributed by atoms with Gasteiger partial charge < -0.3 is 14.8 Å². The quantitative estimate of drug-likeness (QED) is 0.649. The maximum absolute atomic E-state index is 12.6. The second-order valence-electron chi connectivity index (χ2n) is 6.01. The highest BCUT2D eigenvalue weighted by atomic mass is 16.5. The molecule has 0 bridgehead atoms. The molecule has 0 aliphatic rings. The van der Waals surface area contributed by atoms with Gasteiger partial charge in [-0.2, -0.15) is 5.26 Å². The zero-order valence-corrected chi connectivity index (χ0v) is 15.6. The Morgan fingerprint density at radius 1 is 1.08 bits per heavy atom. The Kier molecular flexibility index (Phi) is 6.03. The Morgan fingerprint density at radius 2 is 1.73 bits per heavy atom. The lowest BCUT2D eigenvalue weighted by Gasteiger charge is -2.13. The molecule has 1 N–H and O–H groups in total. The highest BCUT2D eigenvalue weighted by Gasteiger charge is 2.14. The molecular weight excluding hydrogens is 328 g/mol. The van der Waals surface area contributed by atoms with Crippen LogP contribution in [-0.2, 0) is 4.79 Å². The van der Waals surface area contributed by atoms with Gasteiger partial charge in [-0.15, -0.1) is 0 Å². The Labute approximate surface area is 153 Å². The Balaban J connectivity index is 2.36. The molecule has 26 heavy (non-hydrogen) atoms. The lowest BCUT2D eigenvalue weighted by Crippen LogP contribution is -2.15. The van der Waals surface area contributed by atoms with Gasteiger partial charge in [-0.1, -0.05) is 17.7 Å². The number of benzene rings is 2. The smallest absolute Gasteiger partial charge is 0.266 e. The predicted molar refractivity (Wildman–Crippen MR) is 102 cm³/mol. The van der Waals surface area contributed by atoms with E-state index < -0.39 is 5.91 Å². The fourth-order valence-corrected chi connectivity index (χ4v) is 2.80. The van der Waals surface area contributed by atoms with Crippen molar-refractivity contribution in [3.63, 3.8) is 0 Å². The number of hydrogen-bond acceptors (Lipinski definition) is 4. The van der Waals surface area contributed by atoms with Crippen molar-refractivity contribution in [3.05, 3.63) is 58.2 Å². The minimum Gasteiger partial charge on any atom is -0.497 e. The maximum atomic E-state index is 12.6.